The van der Waals surface area contributed by atoms with Crippen LogP contribution in [0.1, 0.15) is 12.3 Å². The third-order valence-electron chi connectivity index (χ3n) is 3.84. The summed E-state index contributed by atoms with van der Waals surface area (Å²) < 4.78 is 5.29. The van der Waals surface area contributed by atoms with Gasteiger partial charge >= 0.3 is 0 Å². The minimum Gasteiger partial charge on any atom is -0.396 e. The zero-order valence-corrected chi connectivity index (χ0v) is 12.5. The average molecular weight is 308 g/mol. The Kier molecular flexibility index (Phi) is 4.53. The number of nitrogens with zero attached hydrogens (tertiary/aromatic N) is 3. The number of aliphatic hydroxyl groups excluding tert-OH is 1. The minimum atomic E-state index is 0.276. The van der Waals surface area contributed by atoms with Gasteiger partial charge in [-0.15, -0.1) is 0 Å². The van der Waals surface area contributed by atoms with Crippen molar-refractivity contribution in [1.82, 2.24) is 15.0 Å². The van der Waals surface area contributed by atoms with Gasteiger partial charge in [0.2, 0.25) is 11.7 Å². The van der Waals surface area contributed by atoms with Gasteiger partial charge in [0.05, 0.1) is 0 Å². The molecule has 0 bridgehead atoms. The molecule has 2 aromatic rings. The van der Waals surface area contributed by atoms with E-state index in [9.17, 15) is 0 Å². The molecule has 1 N–H and O–H groups in total. The van der Waals surface area contributed by atoms with Crippen LogP contribution in [0.3, 0.4) is 0 Å². The molecule has 21 heavy (non-hydrogen) atoms. The topological polar surface area (TPSA) is 62.4 Å². The summed E-state index contributed by atoms with van der Waals surface area (Å²) in [7, 11) is 0. The first-order valence-corrected chi connectivity index (χ1v) is 7.54. The van der Waals surface area contributed by atoms with Crippen molar-refractivity contribution >= 4 is 11.6 Å². The molecule has 5 nitrogen and oxygen atoms in total. The summed E-state index contributed by atoms with van der Waals surface area (Å²) in [5.74, 6) is 1.65. The van der Waals surface area contributed by atoms with Gasteiger partial charge in [-0.1, -0.05) is 16.8 Å². The van der Waals surface area contributed by atoms with Crippen LogP contribution in [0.5, 0.6) is 0 Å². The van der Waals surface area contributed by atoms with Crippen LogP contribution in [-0.4, -0.2) is 46.4 Å². The highest BCUT2D eigenvalue weighted by Crippen LogP contribution is 2.19. The summed E-state index contributed by atoms with van der Waals surface area (Å²) in [5.41, 5.74) is 0.899. The van der Waals surface area contributed by atoms with E-state index in [2.05, 4.69) is 15.0 Å². The van der Waals surface area contributed by atoms with Crippen LogP contribution in [0.15, 0.2) is 28.8 Å². The number of rotatable bonds is 5. The highest BCUT2D eigenvalue weighted by molar-refractivity contribution is 6.30. The number of aliphatic hydroxyl groups is 1. The predicted molar refractivity (Wildman–Crippen MR) is 80.1 cm³/mol. The first-order chi connectivity index (χ1) is 10.2. The molecule has 0 spiro atoms. The SMILES string of the molecule is OCC1CCN(CCc2nc(-c3ccc(Cl)cc3)no2)C1. The molecular formula is C15H18ClN3O2. The van der Waals surface area contributed by atoms with Gasteiger partial charge in [0.1, 0.15) is 0 Å². The van der Waals surface area contributed by atoms with Crippen LogP contribution >= 0.6 is 11.6 Å². The summed E-state index contributed by atoms with van der Waals surface area (Å²) in [4.78, 5) is 6.74. The molecule has 1 aromatic carbocycles. The number of halogens is 1. The molecular weight excluding hydrogens is 290 g/mol. The summed E-state index contributed by atoms with van der Waals surface area (Å²) in [6.45, 7) is 3.15. The zero-order chi connectivity index (χ0) is 14.7. The molecule has 3 rings (SSSR count). The monoisotopic (exact) mass is 307 g/mol. The van der Waals surface area contributed by atoms with Crippen molar-refractivity contribution in [2.45, 2.75) is 12.8 Å². The van der Waals surface area contributed by atoms with Gasteiger partial charge in [-0.05, 0) is 43.1 Å². The Hall–Kier alpha value is -1.43. The lowest BCUT2D eigenvalue weighted by molar-refractivity contribution is 0.220. The number of benzene rings is 1. The molecule has 1 fully saturated rings. The Morgan fingerprint density at radius 1 is 1.33 bits per heavy atom. The molecule has 2 heterocycles. The predicted octanol–water partition coefficient (Wildman–Crippen LogP) is 2.25. The second-order valence-electron chi connectivity index (χ2n) is 5.41. The molecule has 1 saturated heterocycles. The van der Waals surface area contributed by atoms with Crippen LogP contribution in [-0.2, 0) is 6.42 Å². The van der Waals surface area contributed by atoms with Crippen molar-refractivity contribution in [3.05, 3.63) is 35.2 Å². The van der Waals surface area contributed by atoms with E-state index in [1.807, 2.05) is 24.3 Å². The molecule has 1 unspecified atom stereocenters. The van der Waals surface area contributed by atoms with Crippen LogP contribution < -0.4 is 0 Å². The first-order valence-electron chi connectivity index (χ1n) is 7.16. The fourth-order valence-corrected chi connectivity index (χ4v) is 2.72. The lowest BCUT2D eigenvalue weighted by atomic mass is 10.1. The van der Waals surface area contributed by atoms with Crippen LogP contribution in [0.25, 0.3) is 11.4 Å². The average Bonchev–Trinajstić information content (AvgIpc) is 3.15. The normalized spacial score (nSPS) is 19.2. The van der Waals surface area contributed by atoms with Gasteiger partial charge in [0.15, 0.2) is 0 Å². The van der Waals surface area contributed by atoms with E-state index >= 15 is 0 Å². The summed E-state index contributed by atoms with van der Waals surface area (Å²) >= 11 is 5.86. The largest absolute Gasteiger partial charge is 0.396 e. The van der Waals surface area contributed by atoms with E-state index in [0.717, 1.165) is 38.0 Å². The highest BCUT2D eigenvalue weighted by atomic mass is 35.5. The minimum absolute atomic E-state index is 0.276. The molecule has 112 valence electrons. The third-order valence-corrected chi connectivity index (χ3v) is 4.09. The van der Waals surface area contributed by atoms with E-state index < -0.39 is 0 Å². The number of hydrogen-bond acceptors (Lipinski definition) is 5. The Labute approximate surface area is 128 Å². The third kappa shape index (κ3) is 3.61. The molecule has 1 aliphatic rings. The molecule has 1 aliphatic heterocycles. The van der Waals surface area contributed by atoms with Gasteiger partial charge in [-0.25, -0.2) is 0 Å². The quantitative estimate of drug-likeness (QED) is 0.918. The summed E-state index contributed by atoms with van der Waals surface area (Å²) in [5, 5.41) is 13.8. The Balaban J connectivity index is 1.57. The molecule has 0 radical (unpaired) electrons. The van der Waals surface area contributed by atoms with E-state index in [0.29, 0.717) is 22.7 Å². The zero-order valence-electron chi connectivity index (χ0n) is 11.7. The van der Waals surface area contributed by atoms with Crippen LogP contribution in [0, 0.1) is 5.92 Å². The van der Waals surface area contributed by atoms with Crippen molar-refractivity contribution in [3.8, 4) is 11.4 Å². The summed E-state index contributed by atoms with van der Waals surface area (Å²) in [6, 6.07) is 7.38. The number of likely N-dealkylation sites (tertiary alicyclic amines) is 1. The molecule has 1 atom stereocenters. The lowest BCUT2D eigenvalue weighted by Crippen LogP contribution is -2.24. The number of aromatic nitrogens is 2. The maximum Gasteiger partial charge on any atom is 0.228 e. The van der Waals surface area contributed by atoms with Crippen molar-refractivity contribution in [1.29, 1.82) is 0 Å². The van der Waals surface area contributed by atoms with Crippen molar-refractivity contribution in [2.24, 2.45) is 5.92 Å². The standard InChI is InChI=1S/C15H18ClN3O2/c16-13-3-1-12(2-4-13)15-17-14(21-18-15)6-8-19-7-5-11(9-19)10-20/h1-4,11,20H,5-10H2. The van der Waals surface area contributed by atoms with Gasteiger partial charge in [-0.3, -0.25) is 0 Å². The second-order valence-corrected chi connectivity index (χ2v) is 5.84. The van der Waals surface area contributed by atoms with Crippen LogP contribution in [0.4, 0.5) is 0 Å². The van der Waals surface area contributed by atoms with E-state index in [1.165, 1.54) is 0 Å². The Bertz CT molecular complexity index is 585. The fraction of sp³-hybridized carbons (Fsp3) is 0.467. The molecule has 0 saturated carbocycles. The molecule has 6 heteroatoms. The van der Waals surface area contributed by atoms with E-state index in [-0.39, 0.29) is 6.61 Å². The Morgan fingerprint density at radius 2 is 2.14 bits per heavy atom. The molecule has 0 aliphatic carbocycles. The lowest BCUT2D eigenvalue weighted by Gasteiger charge is -2.13. The first kappa shape index (κ1) is 14.5. The van der Waals surface area contributed by atoms with Crippen molar-refractivity contribution < 1.29 is 9.63 Å². The van der Waals surface area contributed by atoms with E-state index in [1.54, 1.807) is 0 Å². The van der Waals surface area contributed by atoms with Gasteiger partial charge < -0.3 is 14.5 Å². The number of hydrogen-bond donors (Lipinski definition) is 1. The highest BCUT2D eigenvalue weighted by Gasteiger charge is 2.21. The second kappa shape index (κ2) is 6.56. The van der Waals surface area contributed by atoms with Crippen molar-refractivity contribution in [2.75, 3.05) is 26.2 Å². The van der Waals surface area contributed by atoms with Gasteiger partial charge in [0, 0.05) is 36.7 Å². The van der Waals surface area contributed by atoms with Gasteiger partial charge in [0.25, 0.3) is 0 Å². The summed E-state index contributed by atoms with van der Waals surface area (Å²) in [6.07, 6.45) is 1.80. The van der Waals surface area contributed by atoms with Gasteiger partial charge in [-0.2, -0.15) is 4.98 Å². The fourth-order valence-electron chi connectivity index (χ4n) is 2.59. The molecule has 1 aromatic heterocycles. The maximum atomic E-state index is 9.14. The van der Waals surface area contributed by atoms with Crippen LogP contribution in [0.2, 0.25) is 5.02 Å². The van der Waals surface area contributed by atoms with E-state index in [4.69, 9.17) is 21.2 Å². The maximum absolute atomic E-state index is 9.14. The Morgan fingerprint density at radius 3 is 2.86 bits per heavy atom. The molecule has 0 amide bonds. The van der Waals surface area contributed by atoms with Crippen molar-refractivity contribution in [3.63, 3.8) is 0 Å². The smallest absolute Gasteiger partial charge is 0.228 e.